The fraction of sp³-hybridized carbons (Fsp3) is 0.562. The molecule has 1 fully saturated rings. The maximum absolute atomic E-state index is 12.5. The maximum Gasteiger partial charge on any atom is 0.244 e. The minimum absolute atomic E-state index is 0. The summed E-state index contributed by atoms with van der Waals surface area (Å²) in [6, 6.07) is 5.43. The lowest BCUT2D eigenvalue weighted by molar-refractivity contribution is -0.122. The number of hydrogen-bond donors (Lipinski definition) is 2. The number of carbonyl (C=O) groups excluding carboxylic acids is 1. The van der Waals surface area contributed by atoms with Gasteiger partial charge in [-0.1, -0.05) is 0 Å². The summed E-state index contributed by atoms with van der Waals surface area (Å²) in [5.41, 5.74) is 0.224. The SMILES string of the molecule is CCOc1cc(NC(=O)C2(C)CCCCN2)ccc1OC.Cl. The van der Waals surface area contributed by atoms with Gasteiger partial charge in [-0.15, -0.1) is 12.4 Å². The van der Waals surface area contributed by atoms with Crippen molar-refractivity contribution in [1.82, 2.24) is 5.32 Å². The lowest BCUT2D eigenvalue weighted by atomic mass is 9.90. The summed E-state index contributed by atoms with van der Waals surface area (Å²) >= 11 is 0. The van der Waals surface area contributed by atoms with Gasteiger partial charge in [-0.3, -0.25) is 4.79 Å². The average Bonchev–Trinajstić information content (AvgIpc) is 2.48. The Morgan fingerprint density at radius 1 is 1.36 bits per heavy atom. The topological polar surface area (TPSA) is 59.6 Å². The van der Waals surface area contributed by atoms with E-state index >= 15 is 0 Å². The first-order valence-electron chi connectivity index (χ1n) is 7.46. The van der Waals surface area contributed by atoms with Crippen molar-refractivity contribution in [2.45, 2.75) is 38.6 Å². The van der Waals surface area contributed by atoms with E-state index in [4.69, 9.17) is 9.47 Å². The lowest BCUT2D eigenvalue weighted by Gasteiger charge is -2.33. The molecule has 1 unspecified atom stereocenters. The molecular weight excluding hydrogens is 304 g/mol. The van der Waals surface area contributed by atoms with Crippen molar-refractivity contribution in [2.24, 2.45) is 0 Å². The van der Waals surface area contributed by atoms with Crippen molar-refractivity contribution in [2.75, 3.05) is 25.6 Å². The van der Waals surface area contributed by atoms with Crippen LogP contribution in [0.1, 0.15) is 33.1 Å². The molecule has 0 saturated carbocycles. The number of benzene rings is 1. The molecule has 0 aliphatic carbocycles. The Kier molecular flexibility index (Phi) is 6.97. The zero-order chi connectivity index (χ0) is 15.3. The van der Waals surface area contributed by atoms with E-state index in [9.17, 15) is 4.79 Å². The third-order valence-electron chi connectivity index (χ3n) is 3.84. The van der Waals surface area contributed by atoms with Crippen LogP contribution in [0.4, 0.5) is 5.69 Å². The predicted molar refractivity (Wildman–Crippen MR) is 90.3 cm³/mol. The molecule has 2 N–H and O–H groups in total. The highest BCUT2D eigenvalue weighted by molar-refractivity contribution is 5.98. The van der Waals surface area contributed by atoms with E-state index in [1.54, 1.807) is 19.2 Å². The quantitative estimate of drug-likeness (QED) is 0.872. The molecule has 0 radical (unpaired) electrons. The number of nitrogens with one attached hydrogen (secondary N) is 2. The molecule has 1 aliphatic heterocycles. The van der Waals surface area contributed by atoms with E-state index in [1.165, 1.54) is 0 Å². The Morgan fingerprint density at radius 3 is 2.73 bits per heavy atom. The van der Waals surface area contributed by atoms with Crippen LogP contribution >= 0.6 is 12.4 Å². The number of hydrogen-bond acceptors (Lipinski definition) is 4. The van der Waals surface area contributed by atoms with Crippen LogP contribution in [-0.2, 0) is 4.79 Å². The van der Waals surface area contributed by atoms with Crippen LogP contribution in [0.3, 0.4) is 0 Å². The molecule has 0 aromatic heterocycles. The number of anilines is 1. The molecule has 1 saturated heterocycles. The van der Waals surface area contributed by atoms with Crippen LogP contribution in [-0.4, -0.2) is 31.7 Å². The lowest BCUT2D eigenvalue weighted by Crippen LogP contribution is -2.54. The van der Waals surface area contributed by atoms with Gasteiger partial charge in [0.25, 0.3) is 0 Å². The number of rotatable bonds is 5. The third kappa shape index (κ3) is 4.27. The summed E-state index contributed by atoms with van der Waals surface area (Å²) in [6.45, 7) is 5.30. The standard InChI is InChI=1S/C16H24N2O3.ClH/c1-4-21-14-11-12(7-8-13(14)20-3)18-15(19)16(2)9-5-6-10-17-16;/h7-8,11,17H,4-6,9-10H2,1-3H3,(H,18,19);1H. The summed E-state index contributed by atoms with van der Waals surface area (Å²) in [4.78, 5) is 12.5. The van der Waals surface area contributed by atoms with Gasteiger partial charge in [0.05, 0.1) is 19.3 Å². The summed E-state index contributed by atoms with van der Waals surface area (Å²) in [6.07, 6.45) is 3.05. The number of carbonyl (C=O) groups is 1. The summed E-state index contributed by atoms with van der Waals surface area (Å²) in [5, 5.41) is 6.28. The molecule has 1 amide bonds. The first-order chi connectivity index (χ1) is 10.1. The summed E-state index contributed by atoms with van der Waals surface area (Å²) in [5.74, 6) is 1.30. The van der Waals surface area contributed by atoms with Crippen molar-refractivity contribution in [1.29, 1.82) is 0 Å². The number of amides is 1. The average molecular weight is 329 g/mol. The second-order valence-corrected chi connectivity index (χ2v) is 5.47. The molecule has 124 valence electrons. The third-order valence-corrected chi connectivity index (χ3v) is 3.84. The first kappa shape index (κ1) is 18.6. The molecule has 0 spiro atoms. The summed E-state index contributed by atoms with van der Waals surface area (Å²) in [7, 11) is 1.60. The number of ether oxygens (including phenoxy) is 2. The Balaban J connectivity index is 0.00000242. The van der Waals surface area contributed by atoms with Gasteiger partial charge in [-0.25, -0.2) is 0 Å². The van der Waals surface area contributed by atoms with Crippen molar-refractivity contribution in [3.63, 3.8) is 0 Å². The van der Waals surface area contributed by atoms with Gasteiger partial charge < -0.3 is 20.1 Å². The van der Waals surface area contributed by atoms with E-state index in [2.05, 4.69) is 10.6 Å². The Bertz CT molecular complexity index is 502. The van der Waals surface area contributed by atoms with Gasteiger partial charge in [0, 0.05) is 11.8 Å². The van der Waals surface area contributed by atoms with Crippen molar-refractivity contribution in [3.05, 3.63) is 18.2 Å². The van der Waals surface area contributed by atoms with Gasteiger partial charge in [0.1, 0.15) is 0 Å². The van der Waals surface area contributed by atoms with Crippen LogP contribution in [0.2, 0.25) is 0 Å². The summed E-state index contributed by atoms with van der Waals surface area (Å²) < 4.78 is 10.8. The fourth-order valence-electron chi connectivity index (χ4n) is 2.54. The number of methoxy groups -OCH3 is 1. The molecule has 5 nitrogen and oxygen atoms in total. The highest BCUT2D eigenvalue weighted by atomic mass is 35.5. The predicted octanol–water partition coefficient (Wildman–Crippen LogP) is 2.99. The van der Waals surface area contributed by atoms with Gasteiger partial charge in [-0.2, -0.15) is 0 Å². The Labute approximate surface area is 138 Å². The van der Waals surface area contributed by atoms with Gasteiger partial charge in [0.15, 0.2) is 11.5 Å². The van der Waals surface area contributed by atoms with E-state index in [-0.39, 0.29) is 18.3 Å². The van der Waals surface area contributed by atoms with Crippen molar-refractivity contribution >= 4 is 24.0 Å². The molecule has 2 rings (SSSR count). The van der Waals surface area contributed by atoms with Crippen molar-refractivity contribution < 1.29 is 14.3 Å². The molecular formula is C16H25ClN2O3. The zero-order valence-corrected chi connectivity index (χ0v) is 14.2. The Morgan fingerprint density at radius 2 is 2.14 bits per heavy atom. The highest BCUT2D eigenvalue weighted by Gasteiger charge is 2.34. The first-order valence-corrected chi connectivity index (χ1v) is 7.46. The Hall–Kier alpha value is -1.46. The normalized spacial score (nSPS) is 20.7. The van der Waals surface area contributed by atoms with E-state index in [0.29, 0.717) is 18.1 Å². The molecule has 1 aromatic carbocycles. The smallest absolute Gasteiger partial charge is 0.244 e. The van der Waals surface area contributed by atoms with E-state index in [0.717, 1.165) is 31.5 Å². The second kappa shape index (κ2) is 8.25. The van der Waals surface area contributed by atoms with Gasteiger partial charge in [0.2, 0.25) is 5.91 Å². The van der Waals surface area contributed by atoms with Crippen molar-refractivity contribution in [3.8, 4) is 11.5 Å². The molecule has 1 atom stereocenters. The molecule has 1 aromatic rings. The van der Waals surface area contributed by atoms with Crippen LogP contribution in [0, 0.1) is 0 Å². The van der Waals surface area contributed by atoms with Crippen LogP contribution < -0.4 is 20.1 Å². The van der Waals surface area contributed by atoms with Gasteiger partial charge in [-0.05, 0) is 51.8 Å². The van der Waals surface area contributed by atoms with Gasteiger partial charge >= 0.3 is 0 Å². The van der Waals surface area contributed by atoms with Crippen LogP contribution in [0.15, 0.2) is 18.2 Å². The second-order valence-electron chi connectivity index (χ2n) is 5.47. The molecule has 22 heavy (non-hydrogen) atoms. The molecule has 1 heterocycles. The largest absolute Gasteiger partial charge is 0.493 e. The maximum atomic E-state index is 12.5. The van der Waals surface area contributed by atoms with E-state index in [1.807, 2.05) is 19.9 Å². The number of halogens is 1. The van der Waals surface area contributed by atoms with Crippen LogP contribution in [0.25, 0.3) is 0 Å². The molecule has 0 bridgehead atoms. The zero-order valence-electron chi connectivity index (χ0n) is 13.4. The minimum Gasteiger partial charge on any atom is -0.493 e. The van der Waals surface area contributed by atoms with E-state index < -0.39 is 5.54 Å². The molecule has 6 heteroatoms. The van der Waals surface area contributed by atoms with Crippen LogP contribution in [0.5, 0.6) is 11.5 Å². The fourth-order valence-corrected chi connectivity index (χ4v) is 2.54. The monoisotopic (exact) mass is 328 g/mol. The molecule has 1 aliphatic rings. The highest BCUT2D eigenvalue weighted by Crippen LogP contribution is 2.31. The number of piperidine rings is 1. The minimum atomic E-state index is -0.496.